The standard InChI is InChI=1S/C105H120N18O6/c1-97(2,3)67-52-76(61-28-40-70(41-29-61)106-91(124)100(10,11)12)85(77(53-67)62-30-42-71(43-31-62)107-92(125)101(13,14)15)121-58-82(115-118-121)88-112-89(83-59-122(119-116-83)86-78(63-32-44-72(45-33-63)108-93(126)102(16,17)18)54-68(98(4,5)6)55-79(86)64-34-46-73(47-35-64)109-94(127)103(19,20)21)114-90(113-88)84-60-123(120-117-84)87-80(65-36-48-74(49-37-65)110-95(128)104(22,23)24)56-69(99(7,8)9)57-81(87)66-38-50-75(51-39-66)111-96(129)105(25,26)27/h28-60H,1-27H3,(H,106,124)(H,107,125)(H,108,126)(H,109,127)(H,110,128)(H,111,129). The van der Waals surface area contributed by atoms with Gasteiger partial charge in [-0.15, -0.1) is 15.3 Å². The molecule has 0 unspecified atom stereocenters. The number of nitrogens with one attached hydrogen (secondary N) is 6. The second-order valence-electron chi connectivity index (χ2n) is 42.7. The van der Waals surface area contributed by atoms with Gasteiger partial charge in [0.05, 0.1) is 35.7 Å². The molecule has 0 bridgehead atoms. The summed E-state index contributed by atoms with van der Waals surface area (Å²) >= 11 is 0. The van der Waals surface area contributed by atoms with Crippen LogP contribution in [0.1, 0.15) is 204 Å². The highest BCUT2D eigenvalue weighted by molar-refractivity contribution is 6.00. The zero-order chi connectivity index (χ0) is 94.0. The number of nitrogens with zero attached hydrogens (tertiary/aromatic N) is 12. The maximum absolute atomic E-state index is 13.5. The number of benzene rings is 9. The first-order valence-corrected chi connectivity index (χ1v) is 43.6. The Morgan fingerprint density at radius 1 is 0.225 bits per heavy atom. The van der Waals surface area contributed by atoms with Crippen molar-refractivity contribution in [1.29, 1.82) is 0 Å². The van der Waals surface area contributed by atoms with Gasteiger partial charge in [-0.3, -0.25) is 28.8 Å². The van der Waals surface area contributed by atoms with Crippen molar-refractivity contribution in [3.05, 3.63) is 217 Å². The number of rotatable bonds is 18. The van der Waals surface area contributed by atoms with Gasteiger partial charge in [-0.25, -0.2) is 29.0 Å². The molecule has 0 atom stereocenters. The second kappa shape index (κ2) is 34.8. The van der Waals surface area contributed by atoms with Crippen LogP contribution in [0.5, 0.6) is 0 Å². The summed E-state index contributed by atoms with van der Waals surface area (Å²) in [7, 11) is 0. The summed E-state index contributed by atoms with van der Waals surface area (Å²) in [4.78, 5) is 96.7. The molecule has 0 aliphatic heterocycles. The fraction of sp³-hybridized carbons (Fsp3) is 0.343. The van der Waals surface area contributed by atoms with E-state index in [0.717, 1.165) is 83.5 Å². The topological polar surface area (TPSA) is 305 Å². The van der Waals surface area contributed by atoms with Gasteiger partial charge in [-0.2, -0.15) is 0 Å². The lowest BCUT2D eigenvalue weighted by Crippen LogP contribution is -2.27. The van der Waals surface area contributed by atoms with Crippen molar-refractivity contribution in [2.45, 2.75) is 203 Å². The summed E-state index contributed by atoms with van der Waals surface area (Å²) in [6.07, 6.45) is 5.32. The van der Waals surface area contributed by atoms with Crippen molar-refractivity contribution < 1.29 is 28.8 Å². The Balaban J connectivity index is 1.05. The fourth-order valence-electron chi connectivity index (χ4n) is 13.7. The zero-order valence-electron chi connectivity index (χ0n) is 79.4. The highest BCUT2D eigenvalue weighted by Crippen LogP contribution is 2.46. The second-order valence-corrected chi connectivity index (χ2v) is 42.7. The van der Waals surface area contributed by atoms with E-state index in [1.165, 1.54) is 0 Å². The van der Waals surface area contributed by atoms with Crippen LogP contribution in [0, 0.1) is 32.5 Å². The Hall–Kier alpha value is -13.8. The lowest BCUT2D eigenvalue weighted by molar-refractivity contribution is -0.123. The third-order valence-corrected chi connectivity index (χ3v) is 22.2. The number of hydrogen-bond donors (Lipinski definition) is 6. The van der Waals surface area contributed by atoms with E-state index in [9.17, 15) is 28.8 Å². The summed E-state index contributed by atoms with van der Waals surface area (Å²) in [5, 5.41) is 48.5. The van der Waals surface area contributed by atoms with Gasteiger partial charge in [0, 0.05) is 100.0 Å². The van der Waals surface area contributed by atoms with E-state index < -0.39 is 32.5 Å². The van der Waals surface area contributed by atoms with Crippen LogP contribution in [0.3, 0.4) is 0 Å². The Morgan fingerprint density at radius 2 is 0.372 bits per heavy atom. The van der Waals surface area contributed by atoms with E-state index in [1.807, 2.05) is 270 Å². The van der Waals surface area contributed by atoms with Crippen molar-refractivity contribution in [3.63, 3.8) is 0 Å². The average Bonchev–Trinajstić information content (AvgIpc) is 1.75. The van der Waals surface area contributed by atoms with Crippen molar-refractivity contribution >= 4 is 69.6 Å². The molecule has 6 amide bonds. The van der Waals surface area contributed by atoms with Crippen molar-refractivity contribution in [1.82, 2.24) is 59.9 Å². The molecule has 0 fully saturated rings. The minimum absolute atomic E-state index is 0.0685. The van der Waals surface area contributed by atoms with Gasteiger partial charge in [-0.1, -0.05) is 275 Å². The van der Waals surface area contributed by atoms with Crippen LogP contribution >= 0.6 is 0 Å². The zero-order valence-corrected chi connectivity index (χ0v) is 79.4. The molecular formula is C105H120N18O6. The number of carbonyl (C=O) groups is 6. The van der Waals surface area contributed by atoms with Crippen LogP contribution in [-0.2, 0) is 45.0 Å². The molecule has 24 nitrogen and oxygen atoms in total. The molecule has 4 heterocycles. The fourth-order valence-corrected chi connectivity index (χ4v) is 13.7. The molecule has 0 saturated heterocycles. The normalized spacial score (nSPS) is 12.5. The Labute approximate surface area is 757 Å². The lowest BCUT2D eigenvalue weighted by atomic mass is 9.82. The molecule has 666 valence electrons. The summed E-state index contributed by atoms with van der Waals surface area (Å²) < 4.78 is 5.15. The molecule has 0 aliphatic carbocycles. The highest BCUT2D eigenvalue weighted by Gasteiger charge is 2.33. The molecule has 0 saturated carbocycles. The minimum Gasteiger partial charge on any atom is -0.326 e. The van der Waals surface area contributed by atoms with Crippen LogP contribution in [-0.4, -0.2) is 95.4 Å². The molecule has 129 heavy (non-hydrogen) atoms. The third-order valence-electron chi connectivity index (χ3n) is 22.2. The molecule has 0 aliphatic rings. The van der Waals surface area contributed by atoms with Crippen molar-refractivity contribution in [3.8, 4) is 118 Å². The predicted molar refractivity (Wildman–Crippen MR) is 518 cm³/mol. The molecule has 13 aromatic rings. The number of hydrogen-bond acceptors (Lipinski definition) is 15. The number of carbonyl (C=O) groups excluding carboxylic acids is 6. The molecule has 0 radical (unpaired) electrons. The van der Waals surface area contributed by atoms with Crippen LogP contribution in [0.4, 0.5) is 34.1 Å². The van der Waals surface area contributed by atoms with Crippen LogP contribution < -0.4 is 31.9 Å². The van der Waals surface area contributed by atoms with E-state index in [2.05, 4.69) is 131 Å². The van der Waals surface area contributed by atoms with E-state index in [4.69, 9.17) is 45.9 Å². The van der Waals surface area contributed by atoms with Crippen molar-refractivity contribution in [2.24, 2.45) is 32.5 Å². The summed E-state index contributed by atoms with van der Waals surface area (Å²) in [5.74, 6) is -0.606. The minimum atomic E-state index is -0.657. The first-order valence-electron chi connectivity index (χ1n) is 43.6. The number of anilines is 6. The number of aromatic nitrogens is 12. The quantitative estimate of drug-likeness (QED) is 0.0465. The first kappa shape index (κ1) is 92.9. The van der Waals surface area contributed by atoms with Gasteiger partial charge in [0.25, 0.3) is 0 Å². The van der Waals surface area contributed by atoms with Gasteiger partial charge in [-0.05, 0) is 176 Å². The SMILES string of the molecule is CC(C)(C)C(=O)Nc1ccc(-c2cc(C(C)(C)C)cc(-c3ccc(NC(=O)C(C)(C)C)cc3)c2-n2cc(-c3nc(-c4cn(-c5c(-c6ccc(NC(=O)C(C)(C)C)cc6)cc(C(C)(C)C)cc5-c5ccc(NC(=O)C(C)(C)C)cc5)nn4)nc(-c4cn(-c5c(-c6ccc(NC(=O)C(C)(C)C)cc6)cc(C(C)(C)C)cc5-c5ccc(NC(=O)C(C)(C)C)cc5)nn4)n3)nn2)cc1. The summed E-state index contributed by atoms with van der Waals surface area (Å²) in [5.41, 5.74) is 13.7. The largest absolute Gasteiger partial charge is 0.326 e. The summed E-state index contributed by atoms with van der Waals surface area (Å²) in [6.45, 7) is 53.1. The van der Waals surface area contributed by atoms with E-state index >= 15 is 0 Å². The Bertz CT molecular complexity index is 5520. The monoisotopic (exact) mass is 1730 g/mol. The Kier molecular flexibility index (Phi) is 25.0. The van der Waals surface area contributed by atoms with E-state index in [-0.39, 0.29) is 86.2 Å². The van der Waals surface area contributed by atoms with Crippen LogP contribution in [0.2, 0.25) is 0 Å². The third kappa shape index (κ3) is 21.4. The molecular weight excluding hydrogens is 1610 g/mol. The smallest absolute Gasteiger partial charge is 0.229 e. The number of amides is 6. The van der Waals surface area contributed by atoms with Crippen LogP contribution in [0.25, 0.3) is 118 Å². The molecule has 24 heteroatoms. The van der Waals surface area contributed by atoms with Gasteiger partial charge in [0.1, 0.15) is 0 Å². The average molecular weight is 1730 g/mol. The van der Waals surface area contributed by atoms with Gasteiger partial charge < -0.3 is 31.9 Å². The summed E-state index contributed by atoms with van der Waals surface area (Å²) in [6, 6.07) is 59.3. The van der Waals surface area contributed by atoms with Gasteiger partial charge in [0.15, 0.2) is 34.6 Å². The van der Waals surface area contributed by atoms with Crippen LogP contribution in [0.15, 0.2) is 201 Å². The Morgan fingerprint density at radius 3 is 0.504 bits per heavy atom. The predicted octanol–water partition coefficient (Wildman–Crippen LogP) is 23.4. The van der Waals surface area contributed by atoms with E-state index in [0.29, 0.717) is 51.2 Å². The van der Waals surface area contributed by atoms with E-state index in [1.54, 1.807) is 32.6 Å². The maximum Gasteiger partial charge on any atom is 0.229 e. The first-order chi connectivity index (χ1) is 60.0. The lowest BCUT2D eigenvalue weighted by Gasteiger charge is -2.25. The maximum atomic E-state index is 13.5. The molecule has 13 rings (SSSR count). The molecule has 9 aromatic carbocycles. The van der Waals surface area contributed by atoms with Gasteiger partial charge in [0.2, 0.25) is 35.4 Å². The molecule has 4 aromatic heterocycles. The molecule has 0 spiro atoms. The highest BCUT2D eigenvalue weighted by atomic mass is 16.2. The molecule has 6 N–H and O–H groups in total. The van der Waals surface area contributed by atoms with Gasteiger partial charge >= 0.3 is 0 Å². The van der Waals surface area contributed by atoms with Crippen molar-refractivity contribution in [2.75, 3.05) is 31.9 Å².